The van der Waals surface area contributed by atoms with E-state index in [0.29, 0.717) is 27.1 Å². The number of halogens is 1. The maximum atomic E-state index is 13.7. The Kier molecular flexibility index (Phi) is 4.97. The summed E-state index contributed by atoms with van der Waals surface area (Å²) < 4.78 is 34.4. The van der Waals surface area contributed by atoms with Gasteiger partial charge in [0, 0.05) is 16.7 Å². The van der Waals surface area contributed by atoms with Gasteiger partial charge in [0.25, 0.3) is 10.0 Å². The van der Waals surface area contributed by atoms with Crippen LogP contribution in [0.15, 0.2) is 94.5 Å². The molecule has 0 bridgehead atoms. The molecule has 0 aliphatic heterocycles. The first-order valence-corrected chi connectivity index (χ1v) is 11.8. The molecule has 2 heterocycles. The number of nitrogens with zero attached hydrogens (tertiary/aromatic N) is 3. The number of sulfonamides is 1. The number of aromatic nitrogens is 2. The maximum absolute atomic E-state index is 13.7. The number of hydrogen-bond acceptors (Lipinski definition) is 6. The summed E-state index contributed by atoms with van der Waals surface area (Å²) in [5.74, 6) is 0. The third-order valence-corrected chi connectivity index (χ3v) is 7.73. The Morgan fingerprint density at radius 1 is 0.935 bits per heavy atom. The lowest BCUT2D eigenvalue weighted by atomic mass is 10.2. The Balaban J connectivity index is 1.63. The Bertz CT molecular complexity index is 1450. The largest absolute Gasteiger partial charge is 0.364 e. The van der Waals surface area contributed by atoms with Crippen LogP contribution in [-0.2, 0) is 10.0 Å². The number of para-hydroxylation sites is 1. The highest BCUT2D eigenvalue weighted by atomic mass is 35.5. The minimum atomic E-state index is -3.95. The van der Waals surface area contributed by atoms with Crippen LogP contribution in [0.2, 0.25) is 5.02 Å². The quantitative estimate of drug-likeness (QED) is 0.310. The zero-order valence-electron chi connectivity index (χ0n) is 15.8. The number of thiazole rings is 1. The van der Waals surface area contributed by atoms with Gasteiger partial charge in [0.05, 0.1) is 20.8 Å². The molecule has 0 atom stereocenters. The molecule has 0 unspecified atom stereocenters. The molecule has 0 aliphatic carbocycles. The van der Waals surface area contributed by atoms with Crippen LogP contribution in [0, 0.1) is 0 Å². The van der Waals surface area contributed by atoms with Crippen molar-refractivity contribution in [2.75, 3.05) is 4.31 Å². The van der Waals surface area contributed by atoms with Gasteiger partial charge in [0.2, 0.25) is 5.13 Å². The van der Waals surface area contributed by atoms with Gasteiger partial charge in [-0.05, 0) is 42.5 Å². The van der Waals surface area contributed by atoms with E-state index < -0.39 is 10.0 Å². The van der Waals surface area contributed by atoms with Crippen molar-refractivity contribution in [3.63, 3.8) is 0 Å². The molecule has 0 amide bonds. The van der Waals surface area contributed by atoms with Crippen molar-refractivity contribution in [1.82, 2.24) is 10.1 Å². The van der Waals surface area contributed by atoms with Crippen molar-refractivity contribution in [3.8, 4) is 11.3 Å². The van der Waals surface area contributed by atoms with Gasteiger partial charge in [0.1, 0.15) is 12.0 Å². The number of rotatable bonds is 5. The first kappa shape index (κ1) is 19.7. The van der Waals surface area contributed by atoms with Crippen LogP contribution in [0.25, 0.3) is 21.5 Å². The van der Waals surface area contributed by atoms with Gasteiger partial charge in [-0.25, -0.2) is 17.7 Å². The molecule has 6 nitrogen and oxygen atoms in total. The highest BCUT2D eigenvalue weighted by Crippen LogP contribution is 2.38. The Labute approximate surface area is 187 Å². The van der Waals surface area contributed by atoms with Crippen molar-refractivity contribution < 1.29 is 12.9 Å². The summed E-state index contributed by atoms with van der Waals surface area (Å²) >= 11 is 7.37. The van der Waals surface area contributed by atoms with Crippen molar-refractivity contribution in [3.05, 3.63) is 90.1 Å². The summed E-state index contributed by atoms with van der Waals surface area (Å²) in [6.45, 7) is 0. The summed E-state index contributed by atoms with van der Waals surface area (Å²) in [6.07, 6.45) is 1.47. The molecular weight excluding hydrogens is 454 g/mol. The fraction of sp³-hybridized carbons (Fsp3) is 0. The van der Waals surface area contributed by atoms with Gasteiger partial charge in [-0.3, -0.25) is 0 Å². The summed E-state index contributed by atoms with van der Waals surface area (Å²) in [5.41, 5.74) is 2.53. The Hall–Kier alpha value is -3.20. The van der Waals surface area contributed by atoms with Crippen molar-refractivity contribution in [2.45, 2.75) is 4.90 Å². The normalized spacial score (nSPS) is 11.6. The first-order valence-electron chi connectivity index (χ1n) is 9.20. The summed E-state index contributed by atoms with van der Waals surface area (Å²) in [4.78, 5) is 4.70. The molecule has 9 heteroatoms. The van der Waals surface area contributed by atoms with Crippen LogP contribution in [0.4, 0.5) is 10.8 Å². The molecule has 5 aromatic rings. The number of anilines is 2. The molecule has 0 spiro atoms. The molecule has 154 valence electrons. The third-order valence-electron chi connectivity index (χ3n) is 4.63. The second-order valence-corrected chi connectivity index (χ2v) is 9.85. The summed E-state index contributed by atoms with van der Waals surface area (Å²) in [5, 5.41) is 4.77. The van der Waals surface area contributed by atoms with Gasteiger partial charge in [0.15, 0.2) is 0 Å². The van der Waals surface area contributed by atoms with Crippen LogP contribution < -0.4 is 4.31 Å². The average molecular weight is 468 g/mol. The second kappa shape index (κ2) is 7.81. The standard InChI is InChI=1S/C22H14ClN3O3S2/c23-16-8-11-21-20(14-16)24-22(30-21)26(17-4-2-1-3-5-17)31(27,28)18-9-6-15(7-10-18)19-12-13-29-25-19/h1-14H. The highest BCUT2D eigenvalue weighted by molar-refractivity contribution is 7.93. The van der Waals surface area contributed by atoms with E-state index in [1.165, 1.54) is 21.9 Å². The van der Waals surface area contributed by atoms with Crippen LogP contribution in [0.1, 0.15) is 0 Å². The monoisotopic (exact) mass is 467 g/mol. The first-order chi connectivity index (χ1) is 15.0. The van der Waals surface area contributed by atoms with E-state index in [2.05, 4.69) is 10.1 Å². The lowest BCUT2D eigenvalue weighted by Gasteiger charge is -2.21. The number of hydrogen-bond donors (Lipinski definition) is 0. The van der Waals surface area contributed by atoms with Crippen molar-refractivity contribution >= 4 is 54.0 Å². The number of benzene rings is 3. The van der Waals surface area contributed by atoms with Crippen molar-refractivity contribution in [2.24, 2.45) is 0 Å². The minimum absolute atomic E-state index is 0.140. The molecule has 0 saturated carbocycles. The summed E-state index contributed by atoms with van der Waals surface area (Å²) in [6, 6.07) is 22.4. The second-order valence-electron chi connectivity index (χ2n) is 6.62. The van der Waals surface area contributed by atoms with Gasteiger partial charge in [-0.15, -0.1) is 0 Å². The van der Waals surface area contributed by atoms with E-state index >= 15 is 0 Å². The van der Waals surface area contributed by atoms with E-state index in [-0.39, 0.29) is 4.90 Å². The Morgan fingerprint density at radius 2 is 1.71 bits per heavy atom. The average Bonchev–Trinajstić information content (AvgIpc) is 3.44. The minimum Gasteiger partial charge on any atom is -0.364 e. The molecular formula is C22H14ClN3O3S2. The Morgan fingerprint density at radius 3 is 2.42 bits per heavy atom. The molecule has 0 N–H and O–H groups in total. The molecule has 0 fully saturated rings. The summed E-state index contributed by atoms with van der Waals surface area (Å²) in [7, 11) is -3.95. The van der Waals surface area contributed by atoms with Crippen LogP contribution >= 0.6 is 22.9 Å². The zero-order valence-corrected chi connectivity index (χ0v) is 18.2. The maximum Gasteiger partial charge on any atom is 0.270 e. The van der Waals surface area contributed by atoms with E-state index in [1.807, 2.05) is 12.1 Å². The van der Waals surface area contributed by atoms with Gasteiger partial charge in [-0.1, -0.05) is 58.4 Å². The third kappa shape index (κ3) is 3.69. The lowest BCUT2D eigenvalue weighted by molar-refractivity contribution is 0.422. The van der Waals surface area contributed by atoms with Gasteiger partial charge >= 0.3 is 0 Å². The van der Waals surface area contributed by atoms with E-state index in [9.17, 15) is 8.42 Å². The lowest BCUT2D eigenvalue weighted by Crippen LogP contribution is -2.26. The van der Waals surface area contributed by atoms with Gasteiger partial charge in [-0.2, -0.15) is 0 Å². The zero-order chi connectivity index (χ0) is 21.4. The van der Waals surface area contributed by atoms with E-state index in [1.54, 1.807) is 66.7 Å². The molecule has 3 aromatic carbocycles. The molecule has 0 aliphatic rings. The molecule has 0 saturated heterocycles. The molecule has 0 radical (unpaired) electrons. The van der Waals surface area contributed by atoms with E-state index in [4.69, 9.17) is 16.1 Å². The van der Waals surface area contributed by atoms with Gasteiger partial charge < -0.3 is 4.52 Å². The smallest absolute Gasteiger partial charge is 0.270 e. The fourth-order valence-electron chi connectivity index (χ4n) is 3.16. The predicted molar refractivity (Wildman–Crippen MR) is 122 cm³/mol. The van der Waals surface area contributed by atoms with Crippen molar-refractivity contribution in [1.29, 1.82) is 0 Å². The van der Waals surface area contributed by atoms with Crippen LogP contribution in [-0.4, -0.2) is 18.6 Å². The SMILES string of the molecule is O=S(=O)(c1ccc(-c2ccon2)cc1)N(c1ccccc1)c1nc2cc(Cl)ccc2s1. The fourth-order valence-corrected chi connectivity index (χ4v) is 5.94. The predicted octanol–water partition coefficient (Wildman–Crippen LogP) is 6.13. The molecule has 2 aromatic heterocycles. The molecule has 5 rings (SSSR count). The molecule has 31 heavy (non-hydrogen) atoms. The van der Waals surface area contributed by atoms with Crippen LogP contribution in [0.3, 0.4) is 0 Å². The van der Waals surface area contributed by atoms with E-state index in [0.717, 1.165) is 10.3 Å². The van der Waals surface area contributed by atoms with Crippen LogP contribution in [0.5, 0.6) is 0 Å². The topological polar surface area (TPSA) is 76.3 Å². The highest BCUT2D eigenvalue weighted by Gasteiger charge is 2.29. The number of fused-ring (bicyclic) bond motifs is 1.